The third-order valence-corrected chi connectivity index (χ3v) is 5.05. The van der Waals surface area contributed by atoms with Gasteiger partial charge in [-0.3, -0.25) is 0 Å². The highest BCUT2D eigenvalue weighted by Gasteiger charge is 2.44. The summed E-state index contributed by atoms with van der Waals surface area (Å²) in [7, 11) is 1.63. The van der Waals surface area contributed by atoms with E-state index in [0.717, 1.165) is 37.1 Å². The average Bonchev–Trinajstić information content (AvgIpc) is 3.22. The first kappa shape index (κ1) is 15.0. The largest absolute Gasteiger partial charge is 0.497 e. The van der Waals surface area contributed by atoms with Gasteiger partial charge in [-0.2, -0.15) is 15.0 Å². The zero-order valence-corrected chi connectivity index (χ0v) is 13.6. The fourth-order valence-electron chi connectivity index (χ4n) is 3.95. The minimum Gasteiger partial charge on any atom is -0.497 e. The van der Waals surface area contributed by atoms with Crippen LogP contribution in [0.15, 0.2) is 36.7 Å². The summed E-state index contributed by atoms with van der Waals surface area (Å²) in [4.78, 5) is 16.5. The number of piperidine rings is 1. The highest BCUT2D eigenvalue weighted by Crippen LogP contribution is 2.40. The minimum absolute atomic E-state index is 0.0143. The molecule has 2 aliphatic rings. The molecule has 126 valence electrons. The highest BCUT2D eigenvalue weighted by molar-refractivity contribution is 5.90. The first-order chi connectivity index (χ1) is 11.7. The van der Waals surface area contributed by atoms with Gasteiger partial charge in [0.2, 0.25) is 0 Å². The molecule has 7 nitrogen and oxygen atoms in total. The van der Waals surface area contributed by atoms with Crippen LogP contribution in [0.1, 0.15) is 31.7 Å². The number of aromatic nitrogens is 3. The van der Waals surface area contributed by atoms with Gasteiger partial charge in [0.1, 0.15) is 5.75 Å². The zero-order chi connectivity index (χ0) is 16.5. The number of methoxy groups -OCH3 is 1. The van der Waals surface area contributed by atoms with Crippen LogP contribution < -0.4 is 10.1 Å². The second-order valence-corrected chi connectivity index (χ2v) is 6.43. The first-order valence-corrected chi connectivity index (χ1v) is 8.34. The van der Waals surface area contributed by atoms with Crippen LogP contribution >= 0.6 is 0 Å². The van der Waals surface area contributed by atoms with E-state index < -0.39 is 0 Å². The lowest BCUT2D eigenvalue weighted by Gasteiger charge is -2.38. The van der Waals surface area contributed by atoms with Crippen LogP contribution in [0.2, 0.25) is 0 Å². The number of nitrogens with one attached hydrogen (secondary N) is 1. The van der Waals surface area contributed by atoms with Crippen LogP contribution in [0, 0.1) is 0 Å². The Morgan fingerprint density at radius 1 is 1.08 bits per heavy atom. The van der Waals surface area contributed by atoms with Crippen molar-refractivity contribution in [2.75, 3.05) is 12.4 Å². The van der Waals surface area contributed by atoms with Gasteiger partial charge in [0.05, 0.1) is 25.5 Å². The van der Waals surface area contributed by atoms with E-state index in [1.165, 1.54) is 0 Å². The highest BCUT2D eigenvalue weighted by atomic mass is 16.5. The molecule has 0 radical (unpaired) electrons. The Labute approximate surface area is 140 Å². The lowest BCUT2D eigenvalue weighted by atomic mass is 9.98. The molecule has 2 fully saturated rings. The molecule has 7 heteroatoms. The molecule has 0 spiro atoms. The van der Waals surface area contributed by atoms with E-state index in [9.17, 15) is 4.79 Å². The number of nitrogens with zero attached hydrogens (tertiary/aromatic N) is 4. The number of urea groups is 1. The molecule has 1 aromatic heterocycles. The molecular formula is C17H21N5O2. The maximum absolute atomic E-state index is 12.7. The topological polar surface area (TPSA) is 72.3 Å². The van der Waals surface area contributed by atoms with Gasteiger partial charge in [-0.15, -0.1) is 0 Å². The number of rotatable bonds is 3. The number of hydrogen-bond donors (Lipinski definition) is 1. The molecule has 4 rings (SSSR count). The molecular weight excluding hydrogens is 306 g/mol. The van der Waals surface area contributed by atoms with E-state index in [-0.39, 0.29) is 18.1 Å². The van der Waals surface area contributed by atoms with E-state index in [0.29, 0.717) is 6.04 Å². The lowest BCUT2D eigenvalue weighted by molar-refractivity contribution is 0.124. The Kier molecular flexibility index (Phi) is 3.84. The summed E-state index contributed by atoms with van der Waals surface area (Å²) < 4.78 is 5.14. The van der Waals surface area contributed by atoms with Gasteiger partial charge in [0.25, 0.3) is 0 Å². The van der Waals surface area contributed by atoms with E-state index in [4.69, 9.17) is 4.74 Å². The predicted molar refractivity (Wildman–Crippen MR) is 89.0 cm³/mol. The summed E-state index contributed by atoms with van der Waals surface area (Å²) >= 11 is 0. The molecule has 2 bridgehead atoms. The number of benzene rings is 1. The Balaban J connectivity index is 1.44. The molecule has 1 N–H and O–H groups in total. The van der Waals surface area contributed by atoms with Gasteiger partial charge >= 0.3 is 6.03 Å². The van der Waals surface area contributed by atoms with Gasteiger partial charge in [-0.25, -0.2) is 4.79 Å². The van der Waals surface area contributed by atoms with E-state index in [1.807, 2.05) is 29.2 Å². The fourth-order valence-corrected chi connectivity index (χ4v) is 3.95. The molecule has 2 amide bonds. The number of carbonyl (C=O) groups is 1. The number of carbonyl (C=O) groups excluding carboxylic acids is 1. The molecule has 2 saturated heterocycles. The van der Waals surface area contributed by atoms with E-state index in [1.54, 1.807) is 24.3 Å². The summed E-state index contributed by atoms with van der Waals surface area (Å²) in [5.74, 6) is 0.778. The number of anilines is 1. The summed E-state index contributed by atoms with van der Waals surface area (Å²) in [6, 6.07) is 8.22. The molecule has 2 atom stereocenters. The van der Waals surface area contributed by atoms with Crippen molar-refractivity contribution in [3.8, 4) is 5.75 Å². The van der Waals surface area contributed by atoms with Gasteiger partial charge in [-0.1, -0.05) is 0 Å². The third kappa shape index (κ3) is 2.70. The summed E-state index contributed by atoms with van der Waals surface area (Å²) in [5, 5.41) is 11.5. The summed E-state index contributed by atoms with van der Waals surface area (Å²) in [6.45, 7) is 0. The van der Waals surface area contributed by atoms with E-state index in [2.05, 4.69) is 15.5 Å². The fraction of sp³-hybridized carbons (Fsp3) is 0.471. The Morgan fingerprint density at radius 2 is 1.71 bits per heavy atom. The lowest BCUT2D eigenvalue weighted by Crippen LogP contribution is -2.49. The van der Waals surface area contributed by atoms with Gasteiger partial charge < -0.3 is 15.0 Å². The molecule has 3 heterocycles. The van der Waals surface area contributed by atoms with Gasteiger partial charge in [-0.05, 0) is 49.9 Å². The number of hydrogen-bond acceptors (Lipinski definition) is 4. The van der Waals surface area contributed by atoms with Crippen molar-refractivity contribution < 1.29 is 9.53 Å². The zero-order valence-electron chi connectivity index (χ0n) is 13.6. The molecule has 0 aliphatic carbocycles. The Morgan fingerprint density at radius 3 is 2.29 bits per heavy atom. The van der Waals surface area contributed by atoms with Crippen LogP contribution in [0.4, 0.5) is 10.5 Å². The molecule has 2 aromatic rings. The Bertz CT molecular complexity index is 686. The van der Waals surface area contributed by atoms with Crippen molar-refractivity contribution in [3.63, 3.8) is 0 Å². The standard InChI is InChI=1S/C17H21N5O2/c1-24-16-6-2-12(3-7-16)20-17(23)21-13-4-5-14(21)11-15(10-13)22-18-8-9-19-22/h2-3,6-9,13-15H,4-5,10-11H2,1H3,(H,20,23). The van der Waals surface area contributed by atoms with Crippen molar-refractivity contribution in [2.24, 2.45) is 0 Å². The quantitative estimate of drug-likeness (QED) is 0.941. The second-order valence-electron chi connectivity index (χ2n) is 6.43. The number of ether oxygens (including phenoxy) is 1. The maximum atomic E-state index is 12.7. The third-order valence-electron chi connectivity index (χ3n) is 5.05. The second kappa shape index (κ2) is 6.14. The van der Waals surface area contributed by atoms with Crippen molar-refractivity contribution >= 4 is 11.7 Å². The van der Waals surface area contributed by atoms with Gasteiger partial charge in [0, 0.05) is 17.8 Å². The average molecular weight is 327 g/mol. The maximum Gasteiger partial charge on any atom is 0.322 e. The molecule has 1 aromatic carbocycles. The number of fused-ring (bicyclic) bond motifs is 2. The number of amides is 2. The van der Waals surface area contributed by atoms with Crippen molar-refractivity contribution in [2.45, 2.75) is 43.8 Å². The van der Waals surface area contributed by atoms with Crippen molar-refractivity contribution in [1.82, 2.24) is 19.9 Å². The van der Waals surface area contributed by atoms with Crippen LogP contribution in [-0.2, 0) is 0 Å². The summed E-state index contributed by atoms with van der Waals surface area (Å²) in [5.41, 5.74) is 0.788. The van der Waals surface area contributed by atoms with Gasteiger partial charge in [0.15, 0.2) is 0 Å². The molecule has 2 unspecified atom stereocenters. The predicted octanol–water partition coefficient (Wildman–Crippen LogP) is 2.69. The van der Waals surface area contributed by atoms with Crippen LogP contribution in [0.5, 0.6) is 5.75 Å². The SMILES string of the molecule is COc1ccc(NC(=O)N2C3CCC2CC(n2nccn2)C3)cc1. The smallest absolute Gasteiger partial charge is 0.322 e. The molecule has 0 saturated carbocycles. The van der Waals surface area contributed by atoms with E-state index >= 15 is 0 Å². The normalized spacial score (nSPS) is 25.5. The van der Waals surface area contributed by atoms with Crippen LogP contribution in [-0.4, -0.2) is 45.1 Å². The molecule has 24 heavy (non-hydrogen) atoms. The van der Waals surface area contributed by atoms with Crippen LogP contribution in [0.25, 0.3) is 0 Å². The minimum atomic E-state index is -0.0143. The Hall–Kier alpha value is -2.57. The monoisotopic (exact) mass is 327 g/mol. The van der Waals surface area contributed by atoms with Crippen molar-refractivity contribution in [3.05, 3.63) is 36.7 Å². The summed E-state index contributed by atoms with van der Waals surface area (Å²) in [6.07, 6.45) is 7.37. The first-order valence-electron chi connectivity index (χ1n) is 8.34. The molecule has 2 aliphatic heterocycles. The van der Waals surface area contributed by atoms with Crippen molar-refractivity contribution in [1.29, 1.82) is 0 Å². The van der Waals surface area contributed by atoms with Crippen LogP contribution in [0.3, 0.4) is 0 Å².